The van der Waals surface area contributed by atoms with Crippen molar-refractivity contribution in [3.63, 3.8) is 0 Å². The highest BCUT2D eigenvalue weighted by Crippen LogP contribution is 2.16. The molecule has 18 heavy (non-hydrogen) atoms. The maximum Gasteiger partial charge on any atom is 0.118 e. The van der Waals surface area contributed by atoms with Gasteiger partial charge in [-0.05, 0) is 39.7 Å². The smallest absolute Gasteiger partial charge is 0.118 e. The fourth-order valence-electron chi connectivity index (χ4n) is 1.57. The summed E-state index contributed by atoms with van der Waals surface area (Å²) < 4.78 is 11.4. The minimum Gasteiger partial charge on any atom is -0.465 e. The Balaban J connectivity index is 2.48. The molecule has 1 heterocycles. The van der Waals surface area contributed by atoms with Gasteiger partial charge < -0.3 is 14.5 Å². The summed E-state index contributed by atoms with van der Waals surface area (Å²) in [6.45, 7) is 14.9. The monoisotopic (exact) mass is 253 g/mol. The number of aryl methyl sites for hydroxylation is 1. The molecule has 0 spiro atoms. The van der Waals surface area contributed by atoms with Gasteiger partial charge in [-0.3, -0.25) is 0 Å². The summed E-state index contributed by atoms with van der Waals surface area (Å²) in [5.41, 5.74) is 1.26. The van der Waals surface area contributed by atoms with Crippen LogP contribution in [0.15, 0.2) is 10.5 Å². The Bertz CT molecular complexity index is 361. The van der Waals surface area contributed by atoms with Gasteiger partial charge in [0.05, 0.1) is 13.2 Å². The zero-order valence-corrected chi connectivity index (χ0v) is 12.6. The van der Waals surface area contributed by atoms with Gasteiger partial charge in [-0.2, -0.15) is 0 Å². The van der Waals surface area contributed by atoms with Gasteiger partial charge in [-0.15, -0.1) is 0 Å². The Labute approximate surface area is 111 Å². The molecule has 0 aliphatic rings. The van der Waals surface area contributed by atoms with Gasteiger partial charge >= 0.3 is 0 Å². The van der Waals surface area contributed by atoms with E-state index in [2.05, 4.69) is 46.0 Å². The average molecular weight is 253 g/mol. The van der Waals surface area contributed by atoms with Gasteiger partial charge in [0.15, 0.2) is 0 Å². The quantitative estimate of drug-likeness (QED) is 0.840. The predicted molar refractivity (Wildman–Crippen MR) is 74.5 cm³/mol. The van der Waals surface area contributed by atoms with Crippen LogP contribution in [0.25, 0.3) is 0 Å². The molecule has 0 aromatic carbocycles. The van der Waals surface area contributed by atoms with E-state index in [-0.39, 0.29) is 5.54 Å². The average Bonchev–Trinajstić information content (AvgIpc) is 2.55. The Kier molecular flexibility index (Phi) is 5.42. The van der Waals surface area contributed by atoms with Gasteiger partial charge in [0.25, 0.3) is 0 Å². The van der Waals surface area contributed by atoms with E-state index >= 15 is 0 Å². The minimum absolute atomic E-state index is 0.106. The Morgan fingerprint density at radius 2 is 2.00 bits per heavy atom. The van der Waals surface area contributed by atoms with Crippen molar-refractivity contribution in [1.29, 1.82) is 0 Å². The number of hydrogen-bond donors (Lipinski definition) is 1. The Hall–Kier alpha value is -0.800. The second kappa shape index (κ2) is 6.39. The molecule has 0 fully saturated rings. The normalized spacial score (nSPS) is 12.4. The third-order valence-electron chi connectivity index (χ3n) is 2.57. The number of furan rings is 1. The first-order chi connectivity index (χ1) is 8.28. The molecule has 1 N–H and O–H groups in total. The molecular weight excluding hydrogens is 226 g/mol. The second-order valence-electron chi connectivity index (χ2n) is 6.31. The second-order valence-corrected chi connectivity index (χ2v) is 6.31. The number of ether oxygens (including phenoxy) is 1. The largest absolute Gasteiger partial charge is 0.465 e. The van der Waals surface area contributed by atoms with Crippen molar-refractivity contribution >= 4 is 0 Å². The molecule has 0 saturated heterocycles. The topological polar surface area (TPSA) is 34.4 Å². The first-order valence-corrected chi connectivity index (χ1v) is 6.69. The molecule has 1 aromatic rings. The molecule has 0 aliphatic heterocycles. The molecule has 0 amide bonds. The van der Waals surface area contributed by atoms with Crippen LogP contribution < -0.4 is 5.32 Å². The van der Waals surface area contributed by atoms with Crippen LogP contribution >= 0.6 is 0 Å². The molecule has 104 valence electrons. The highest BCUT2D eigenvalue weighted by molar-refractivity contribution is 5.20. The van der Waals surface area contributed by atoms with Gasteiger partial charge in [0.1, 0.15) is 11.5 Å². The van der Waals surface area contributed by atoms with Gasteiger partial charge in [0, 0.05) is 17.7 Å². The number of nitrogens with one attached hydrogen (secondary N) is 1. The molecule has 0 bridgehead atoms. The van der Waals surface area contributed by atoms with Crippen molar-refractivity contribution in [2.24, 2.45) is 5.92 Å². The van der Waals surface area contributed by atoms with Crippen LogP contribution in [0, 0.1) is 12.8 Å². The summed E-state index contributed by atoms with van der Waals surface area (Å²) in [5, 5.41) is 3.42. The van der Waals surface area contributed by atoms with E-state index in [1.54, 1.807) is 0 Å². The summed E-state index contributed by atoms with van der Waals surface area (Å²) in [6, 6.07) is 2.09. The van der Waals surface area contributed by atoms with Gasteiger partial charge in [-0.25, -0.2) is 0 Å². The highest BCUT2D eigenvalue weighted by Gasteiger charge is 2.12. The first-order valence-electron chi connectivity index (χ1n) is 6.69. The van der Waals surface area contributed by atoms with Crippen LogP contribution in [0.5, 0.6) is 0 Å². The van der Waals surface area contributed by atoms with Crippen molar-refractivity contribution in [1.82, 2.24) is 5.32 Å². The molecule has 1 aromatic heterocycles. The van der Waals surface area contributed by atoms with E-state index in [1.807, 2.05) is 6.92 Å². The van der Waals surface area contributed by atoms with Crippen LogP contribution in [0.2, 0.25) is 0 Å². The molecule has 0 atom stereocenters. The lowest BCUT2D eigenvalue weighted by Gasteiger charge is -2.19. The third kappa shape index (κ3) is 5.69. The van der Waals surface area contributed by atoms with Crippen LogP contribution in [-0.4, -0.2) is 12.1 Å². The fourth-order valence-corrected chi connectivity index (χ4v) is 1.57. The van der Waals surface area contributed by atoms with Crippen molar-refractivity contribution in [3.8, 4) is 0 Å². The van der Waals surface area contributed by atoms with E-state index < -0.39 is 0 Å². The summed E-state index contributed by atoms with van der Waals surface area (Å²) in [6.07, 6.45) is 0. The number of hydrogen-bond acceptors (Lipinski definition) is 3. The summed E-state index contributed by atoms with van der Waals surface area (Å²) >= 11 is 0. The van der Waals surface area contributed by atoms with Crippen LogP contribution in [-0.2, 0) is 17.9 Å². The fraction of sp³-hybridized carbons (Fsp3) is 0.733. The van der Waals surface area contributed by atoms with Crippen LogP contribution in [0.3, 0.4) is 0 Å². The maximum absolute atomic E-state index is 5.73. The van der Waals surface area contributed by atoms with E-state index in [1.165, 1.54) is 0 Å². The number of rotatable bonds is 6. The van der Waals surface area contributed by atoms with E-state index in [0.29, 0.717) is 12.5 Å². The molecule has 0 aliphatic carbocycles. The zero-order valence-electron chi connectivity index (χ0n) is 12.6. The van der Waals surface area contributed by atoms with Gasteiger partial charge in [0.2, 0.25) is 0 Å². The van der Waals surface area contributed by atoms with Crippen LogP contribution in [0.1, 0.15) is 51.7 Å². The molecular formula is C15H27NO2. The SMILES string of the molecule is Cc1oc(CNC(C)(C)C)cc1COCC(C)C. The zero-order chi connectivity index (χ0) is 13.8. The lowest BCUT2D eigenvalue weighted by Crippen LogP contribution is -2.34. The Morgan fingerprint density at radius 1 is 1.33 bits per heavy atom. The van der Waals surface area contributed by atoms with Crippen molar-refractivity contribution in [2.45, 2.75) is 60.2 Å². The molecule has 0 radical (unpaired) electrons. The van der Waals surface area contributed by atoms with Gasteiger partial charge in [-0.1, -0.05) is 13.8 Å². The standard InChI is InChI=1S/C15H27NO2/c1-11(2)9-17-10-13-7-14(18-12(13)3)8-16-15(4,5)6/h7,11,16H,8-10H2,1-6H3. The molecule has 3 nitrogen and oxygen atoms in total. The predicted octanol–water partition coefficient (Wildman–Crippen LogP) is 3.65. The Morgan fingerprint density at radius 3 is 2.56 bits per heavy atom. The van der Waals surface area contributed by atoms with E-state index in [4.69, 9.17) is 9.15 Å². The first kappa shape index (κ1) is 15.3. The molecule has 1 rings (SSSR count). The molecule has 0 saturated carbocycles. The van der Waals surface area contributed by atoms with E-state index in [0.717, 1.165) is 30.2 Å². The summed E-state index contributed by atoms with van der Waals surface area (Å²) in [5.74, 6) is 2.51. The lowest BCUT2D eigenvalue weighted by molar-refractivity contribution is 0.0962. The lowest BCUT2D eigenvalue weighted by atomic mass is 10.1. The highest BCUT2D eigenvalue weighted by atomic mass is 16.5. The summed E-state index contributed by atoms with van der Waals surface area (Å²) in [4.78, 5) is 0. The molecule has 3 heteroatoms. The summed E-state index contributed by atoms with van der Waals surface area (Å²) in [7, 11) is 0. The van der Waals surface area contributed by atoms with Crippen molar-refractivity contribution in [3.05, 3.63) is 23.2 Å². The van der Waals surface area contributed by atoms with Crippen LogP contribution in [0.4, 0.5) is 0 Å². The van der Waals surface area contributed by atoms with Crippen molar-refractivity contribution in [2.75, 3.05) is 6.61 Å². The van der Waals surface area contributed by atoms with E-state index in [9.17, 15) is 0 Å². The van der Waals surface area contributed by atoms with Crippen molar-refractivity contribution < 1.29 is 9.15 Å². The third-order valence-corrected chi connectivity index (χ3v) is 2.57. The molecule has 0 unspecified atom stereocenters. The minimum atomic E-state index is 0.106. The maximum atomic E-state index is 5.73.